The highest BCUT2D eigenvalue weighted by atomic mass is 16.5. The first-order valence-corrected chi connectivity index (χ1v) is 15.0. The number of rotatable bonds is 2. The van der Waals surface area contributed by atoms with Crippen molar-refractivity contribution in [1.82, 2.24) is 25.4 Å². The fourth-order valence-corrected chi connectivity index (χ4v) is 6.78. The Bertz CT molecular complexity index is 1840. The quantitative estimate of drug-likeness (QED) is 0.328. The third-order valence-electron chi connectivity index (χ3n) is 9.08. The third-order valence-corrected chi connectivity index (χ3v) is 9.08. The number of fused-ring (bicyclic) bond motifs is 3. The highest BCUT2D eigenvalue weighted by molar-refractivity contribution is 6.06. The van der Waals surface area contributed by atoms with Crippen molar-refractivity contribution in [3.63, 3.8) is 0 Å². The summed E-state index contributed by atoms with van der Waals surface area (Å²) < 4.78 is 5.80. The summed E-state index contributed by atoms with van der Waals surface area (Å²) in [5.41, 5.74) is 6.34. The molecule has 2 atom stereocenters. The number of likely N-dealkylation sites (N-methyl/N-ethyl adjacent to an activating group) is 1. The molecule has 224 valence electrons. The van der Waals surface area contributed by atoms with E-state index in [2.05, 4.69) is 25.8 Å². The Morgan fingerprint density at radius 2 is 1.93 bits per heavy atom. The number of hydrogen-bond acceptors (Lipinski definition) is 6. The van der Waals surface area contributed by atoms with Crippen LogP contribution in [0.4, 0.5) is 5.82 Å². The van der Waals surface area contributed by atoms with E-state index < -0.39 is 11.5 Å². The van der Waals surface area contributed by atoms with Crippen LogP contribution in [0.5, 0.6) is 0 Å². The molecule has 4 aromatic rings. The first-order chi connectivity index (χ1) is 21.3. The van der Waals surface area contributed by atoms with Crippen molar-refractivity contribution in [2.75, 3.05) is 32.1 Å². The maximum absolute atomic E-state index is 13.8. The van der Waals surface area contributed by atoms with E-state index in [-0.39, 0.29) is 17.7 Å². The Balaban J connectivity index is 1.22. The Labute approximate surface area is 254 Å². The normalized spacial score (nSPS) is 22.7. The number of aryl methyl sites for hydroxylation is 1. The highest BCUT2D eigenvalue weighted by Crippen LogP contribution is 2.47. The molecule has 0 saturated carbocycles. The van der Waals surface area contributed by atoms with Gasteiger partial charge in [0, 0.05) is 49.3 Å². The minimum Gasteiger partial charge on any atom is -0.377 e. The van der Waals surface area contributed by atoms with Gasteiger partial charge in [-0.15, -0.1) is 0 Å². The Kier molecular flexibility index (Phi) is 7.01. The molecule has 0 saturated heterocycles. The summed E-state index contributed by atoms with van der Waals surface area (Å²) in [4.78, 5) is 47.1. The lowest BCUT2D eigenvalue weighted by atomic mass is 9.79. The average Bonchev–Trinajstić information content (AvgIpc) is 3.71. The molecule has 4 heterocycles. The van der Waals surface area contributed by atoms with Gasteiger partial charge in [-0.05, 0) is 78.3 Å². The number of hydrogen-bond donors (Lipinski definition) is 3. The molecule has 7 rings (SSSR count). The molecule has 1 spiro atoms. The van der Waals surface area contributed by atoms with Crippen LogP contribution >= 0.6 is 0 Å². The van der Waals surface area contributed by atoms with Crippen molar-refractivity contribution in [2.24, 2.45) is 0 Å². The second-order valence-corrected chi connectivity index (χ2v) is 12.1. The zero-order chi connectivity index (χ0) is 30.4. The summed E-state index contributed by atoms with van der Waals surface area (Å²) in [6, 6.07) is 10.9. The molecule has 2 aromatic heterocycles. The summed E-state index contributed by atoms with van der Waals surface area (Å²) in [5, 5.41) is 14.1. The molecule has 10 nitrogen and oxygen atoms in total. The standard InChI is InChI=1S/C34H34N6O4/c1-20-11-22(12-26-19-36-39-29(20)26)14-28-32(42)40(2)8-4-10-44-9-3-5-21-13-27-30(35-18-21)38-33(43)34(27)16-24-7-6-23(31(41)37-28)15-25(24)17-34/h3,5-7,11-13,15,18-19,28H,4,8-10,14,16-17H2,1-2H3,(H,36,39)(H,37,41)(H,35,38,43)/b5-3-/t28-,34+/m1/s1. The first kappa shape index (κ1) is 28.0. The predicted molar refractivity (Wildman–Crippen MR) is 166 cm³/mol. The van der Waals surface area contributed by atoms with Gasteiger partial charge in [0.15, 0.2) is 0 Å². The third kappa shape index (κ3) is 4.94. The lowest BCUT2D eigenvalue weighted by Gasteiger charge is -2.25. The van der Waals surface area contributed by atoms with Gasteiger partial charge in [-0.3, -0.25) is 19.5 Å². The van der Waals surface area contributed by atoms with Crippen LogP contribution in [0.15, 0.2) is 54.9 Å². The van der Waals surface area contributed by atoms with E-state index in [1.54, 1.807) is 30.4 Å². The molecule has 2 aliphatic heterocycles. The SMILES string of the molecule is Cc1cc(C[C@H]2NC(=O)c3ccc4c(c3)C[C@]3(C4)C(=O)Nc4ncc(cc43)/C=C\COCCCN(C)C2=O)cc2cn[nH]c12. The smallest absolute Gasteiger partial charge is 0.251 e. The van der Waals surface area contributed by atoms with Crippen molar-refractivity contribution in [1.29, 1.82) is 0 Å². The Morgan fingerprint density at radius 3 is 2.82 bits per heavy atom. The van der Waals surface area contributed by atoms with E-state index in [0.717, 1.165) is 44.3 Å². The number of anilines is 1. The van der Waals surface area contributed by atoms with Gasteiger partial charge in [0.25, 0.3) is 5.91 Å². The topological polar surface area (TPSA) is 129 Å². The number of nitrogens with one attached hydrogen (secondary N) is 3. The monoisotopic (exact) mass is 590 g/mol. The van der Waals surface area contributed by atoms with Crippen molar-refractivity contribution in [3.05, 3.63) is 93.8 Å². The predicted octanol–water partition coefficient (Wildman–Crippen LogP) is 3.49. The Hall–Kier alpha value is -4.83. The van der Waals surface area contributed by atoms with Gasteiger partial charge < -0.3 is 20.3 Å². The second kappa shape index (κ2) is 11.0. The van der Waals surface area contributed by atoms with Gasteiger partial charge in [0.2, 0.25) is 11.8 Å². The highest BCUT2D eigenvalue weighted by Gasteiger charge is 2.51. The van der Waals surface area contributed by atoms with E-state index >= 15 is 0 Å². The van der Waals surface area contributed by atoms with Crippen LogP contribution in [0.2, 0.25) is 0 Å². The van der Waals surface area contributed by atoms with Crippen molar-refractivity contribution >= 4 is 40.5 Å². The summed E-state index contributed by atoms with van der Waals surface area (Å²) >= 11 is 0. The van der Waals surface area contributed by atoms with E-state index in [4.69, 9.17) is 4.74 Å². The van der Waals surface area contributed by atoms with Gasteiger partial charge in [0.1, 0.15) is 11.9 Å². The van der Waals surface area contributed by atoms with Crippen LogP contribution in [0.3, 0.4) is 0 Å². The lowest BCUT2D eigenvalue weighted by Crippen LogP contribution is -2.49. The largest absolute Gasteiger partial charge is 0.377 e. The van der Waals surface area contributed by atoms with Gasteiger partial charge >= 0.3 is 0 Å². The number of benzene rings is 2. The van der Waals surface area contributed by atoms with Crippen LogP contribution in [0.25, 0.3) is 17.0 Å². The van der Waals surface area contributed by atoms with E-state index in [1.807, 2.05) is 49.4 Å². The Morgan fingerprint density at radius 1 is 1.07 bits per heavy atom. The van der Waals surface area contributed by atoms with Gasteiger partial charge in [0.05, 0.1) is 23.7 Å². The van der Waals surface area contributed by atoms with Crippen molar-refractivity contribution in [2.45, 2.75) is 44.1 Å². The zero-order valence-electron chi connectivity index (χ0n) is 24.8. The fraction of sp³-hybridized carbons (Fsp3) is 0.324. The average molecular weight is 591 g/mol. The minimum absolute atomic E-state index is 0.0765. The zero-order valence-corrected chi connectivity index (χ0v) is 24.8. The number of carbonyl (C=O) groups excluding carboxylic acids is 3. The molecular weight excluding hydrogens is 556 g/mol. The van der Waals surface area contributed by atoms with Crippen molar-refractivity contribution in [3.8, 4) is 0 Å². The maximum atomic E-state index is 13.8. The molecule has 0 radical (unpaired) electrons. The summed E-state index contributed by atoms with van der Waals surface area (Å²) in [7, 11) is 1.76. The molecule has 3 N–H and O–H groups in total. The molecule has 44 heavy (non-hydrogen) atoms. The fourth-order valence-electron chi connectivity index (χ4n) is 6.78. The molecule has 0 unspecified atom stereocenters. The van der Waals surface area contributed by atoms with Crippen molar-refractivity contribution < 1.29 is 19.1 Å². The molecule has 3 amide bonds. The minimum atomic E-state index is -0.776. The van der Waals surface area contributed by atoms with Crippen LogP contribution in [-0.4, -0.2) is 70.7 Å². The summed E-state index contributed by atoms with van der Waals surface area (Å²) in [5.74, 6) is 0.0154. The molecule has 0 fully saturated rings. The maximum Gasteiger partial charge on any atom is 0.251 e. The molecule has 1 aliphatic carbocycles. The summed E-state index contributed by atoms with van der Waals surface area (Å²) in [6.45, 7) is 3.39. The van der Waals surface area contributed by atoms with Gasteiger partial charge in [-0.2, -0.15) is 5.10 Å². The van der Waals surface area contributed by atoms with E-state index in [1.165, 1.54) is 0 Å². The molecule has 5 bridgehead atoms. The first-order valence-electron chi connectivity index (χ1n) is 15.0. The molecule has 10 heteroatoms. The number of pyridine rings is 1. The number of nitrogens with zero attached hydrogens (tertiary/aromatic N) is 3. The van der Waals surface area contributed by atoms with Crippen LogP contribution in [0.1, 0.15) is 50.2 Å². The van der Waals surface area contributed by atoms with E-state index in [9.17, 15) is 14.4 Å². The van der Waals surface area contributed by atoms with Gasteiger partial charge in [-0.1, -0.05) is 24.3 Å². The van der Waals surface area contributed by atoms with Crippen LogP contribution in [-0.2, 0) is 39.0 Å². The van der Waals surface area contributed by atoms with Crippen LogP contribution < -0.4 is 10.6 Å². The number of H-pyrrole nitrogens is 1. The second-order valence-electron chi connectivity index (χ2n) is 12.1. The molecule has 2 aromatic carbocycles. The number of carbonyl (C=O) groups is 3. The summed E-state index contributed by atoms with van der Waals surface area (Å²) in [6.07, 6.45) is 9.38. The van der Waals surface area contributed by atoms with Crippen LogP contribution in [0, 0.1) is 6.92 Å². The molecule has 3 aliphatic rings. The molecular formula is C34H34N6O4. The van der Waals surface area contributed by atoms with Gasteiger partial charge in [-0.25, -0.2) is 4.98 Å². The number of aromatic amines is 1. The number of ether oxygens (including phenoxy) is 1. The number of aromatic nitrogens is 3. The van der Waals surface area contributed by atoms with E-state index in [0.29, 0.717) is 56.8 Å². The number of amides is 3. The lowest BCUT2D eigenvalue weighted by molar-refractivity contribution is -0.132.